The molecule has 2 heterocycles. The SMILES string of the molecule is CCOCC(C)N1CCC(=O)N2CCCC2C1=O. The quantitative estimate of drug-likeness (QED) is 0.739. The summed E-state index contributed by atoms with van der Waals surface area (Å²) in [5, 5.41) is 0. The van der Waals surface area contributed by atoms with Crippen molar-refractivity contribution in [2.45, 2.75) is 45.2 Å². The van der Waals surface area contributed by atoms with E-state index in [4.69, 9.17) is 4.74 Å². The van der Waals surface area contributed by atoms with Crippen molar-refractivity contribution >= 4 is 11.8 Å². The molecule has 0 aromatic heterocycles. The number of hydrogen-bond donors (Lipinski definition) is 0. The van der Waals surface area contributed by atoms with E-state index in [9.17, 15) is 9.59 Å². The molecule has 0 aromatic carbocycles. The zero-order valence-electron chi connectivity index (χ0n) is 11.2. The lowest BCUT2D eigenvalue weighted by Crippen LogP contribution is -2.48. The highest BCUT2D eigenvalue weighted by Crippen LogP contribution is 2.24. The Hall–Kier alpha value is -1.10. The van der Waals surface area contributed by atoms with Gasteiger partial charge in [-0.05, 0) is 26.7 Å². The van der Waals surface area contributed by atoms with Crippen molar-refractivity contribution < 1.29 is 14.3 Å². The fraction of sp³-hybridized carbons (Fsp3) is 0.846. The van der Waals surface area contributed by atoms with Crippen LogP contribution in [-0.2, 0) is 14.3 Å². The van der Waals surface area contributed by atoms with Gasteiger partial charge in [0.05, 0.1) is 12.6 Å². The van der Waals surface area contributed by atoms with E-state index in [2.05, 4.69) is 0 Å². The first-order chi connectivity index (χ1) is 8.65. The zero-order chi connectivity index (χ0) is 13.1. The fourth-order valence-electron chi connectivity index (χ4n) is 2.80. The minimum Gasteiger partial charge on any atom is -0.380 e. The Morgan fingerprint density at radius 3 is 2.89 bits per heavy atom. The fourth-order valence-corrected chi connectivity index (χ4v) is 2.80. The summed E-state index contributed by atoms with van der Waals surface area (Å²) in [5.74, 6) is 0.225. The maximum absolute atomic E-state index is 12.5. The summed E-state index contributed by atoms with van der Waals surface area (Å²) in [6, 6.07) is -0.171. The molecule has 2 aliphatic rings. The average Bonchev–Trinajstić information content (AvgIpc) is 2.81. The molecule has 5 nitrogen and oxygen atoms in total. The van der Waals surface area contributed by atoms with Crippen LogP contribution >= 0.6 is 0 Å². The van der Waals surface area contributed by atoms with Gasteiger partial charge in [-0.25, -0.2) is 0 Å². The molecule has 0 bridgehead atoms. The molecular weight excluding hydrogens is 232 g/mol. The molecule has 0 saturated carbocycles. The minimum absolute atomic E-state index is 0.0470. The second kappa shape index (κ2) is 5.69. The lowest BCUT2D eigenvalue weighted by atomic mass is 10.1. The normalized spacial score (nSPS) is 26.2. The van der Waals surface area contributed by atoms with Crippen molar-refractivity contribution in [3.05, 3.63) is 0 Å². The summed E-state index contributed by atoms with van der Waals surface area (Å²) >= 11 is 0. The molecule has 2 unspecified atom stereocenters. The number of carbonyl (C=O) groups is 2. The van der Waals surface area contributed by atoms with Crippen LogP contribution in [0.25, 0.3) is 0 Å². The van der Waals surface area contributed by atoms with Gasteiger partial charge >= 0.3 is 0 Å². The third kappa shape index (κ3) is 2.51. The van der Waals surface area contributed by atoms with Crippen LogP contribution in [0.4, 0.5) is 0 Å². The lowest BCUT2D eigenvalue weighted by Gasteiger charge is -2.30. The molecule has 0 radical (unpaired) electrons. The largest absolute Gasteiger partial charge is 0.380 e. The van der Waals surface area contributed by atoms with E-state index in [-0.39, 0.29) is 23.9 Å². The molecule has 2 rings (SSSR count). The van der Waals surface area contributed by atoms with Gasteiger partial charge in [0, 0.05) is 26.1 Å². The van der Waals surface area contributed by atoms with Gasteiger partial charge < -0.3 is 14.5 Å². The van der Waals surface area contributed by atoms with Crippen LogP contribution in [0.1, 0.15) is 33.1 Å². The van der Waals surface area contributed by atoms with Gasteiger partial charge in [-0.15, -0.1) is 0 Å². The molecule has 2 atom stereocenters. The molecular formula is C13H22N2O3. The van der Waals surface area contributed by atoms with Gasteiger partial charge in [-0.1, -0.05) is 0 Å². The summed E-state index contributed by atoms with van der Waals surface area (Å²) in [7, 11) is 0. The van der Waals surface area contributed by atoms with E-state index in [0.717, 1.165) is 19.4 Å². The predicted octanol–water partition coefficient (Wildman–Crippen LogP) is 0.635. The average molecular weight is 254 g/mol. The van der Waals surface area contributed by atoms with E-state index in [0.29, 0.717) is 26.2 Å². The lowest BCUT2D eigenvalue weighted by molar-refractivity contribution is -0.141. The summed E-state index contributed by atoms with van der Waals surface area (Å²) in [6.45, 7) is 6.40. The topological polar surface area (TPSA) is 49.9 Å². The zero-order valence-corrected chi connectivity index (χ0v) is 11.2. The number of amides is 2. The van der Waals surface area contributed by atoms with Crippen molar-refractivity contribution in [3.8, 4) is 0 Å². The van der Waals surface area contributed by atoms with Crippen molar-refractivity contribution in [2.75, 3.05) is 26.3 Å². The Balaban J connectivity index is 2.07. The number of nitrogens with zero attached hydrogens (tertiary/aromatic N) is 2. The van der Waals surface area contributed by atoms with Crippen LogP contribution in [-0.4, -0.2) is 60.0 Å². The van der Waals surface area contributed by atoms with Crippen molar-refractivity contribution in [2.24, 2.45) is 0 Å². The summed E-state index contributed by atoms with van der Waals surface area (Å²) in [5.41, 5.74) is 0. The number of rotatable bonds is 4. The summed E-state index contributed by atoms with van der Waals surface area (Å²) in [6.07, 6.45) is 2.19. The molecule has 5 heteroatoms. The number of fused-ring (bicyclic) bond motifs is 1. The smallest absolute Gasteiger partial charge is 0.245 e. The molecule has 2 amide bonds. The highest BCUT2D eigenvalue weighted by Gasteiger charge is 2.40. The van der Waals surface area contributed by atoms with Gasteiger partial charge in [0.1, 0.15) is 6.04 Å². The van der Waals surface area contributed by atoms with Crippen LogP contribution in [0.3, 0.4) is 0 Å². The number of carbonyl (C=O) groups excluding carboxylic acids is 2. The highest BCUT2D eigenvalue weighted by molar-refractivity contribution is 5.90. The van der Waals surface area contributed by atoms with Gasteiger partial charge in [-0.3, -0.25) is 9.59 Å². The number of hydrogen-bond acceptors (Lipinski definition) is 3. The Morgan fingerprint density at radius 2 is 2.17 bits per heavy atom. The highest BCUT2D eigenvalue weighted by atomic mass is 16.5. The van der Waals surface area contributed by atoms with Crippen LogP contribution in [0.15, 0.2) is 0 Å². The van der Waals surface area contributed by atoms with Crippen LogP contribution in [0.2, 0.25) is 0 Å². The molecule has 0 aromatic rings. The minimum atomic E-state index is -0.218. The van der Waals surface area contributed by atoms with Crippen LogP contribution in [0, 0.1) is 0 Å². The maximum atomic E-state index is 12.5. The molecule has 2 saturated heterocycles. The molecule has 2 aliphatic heterocycles. The van der Waals surface area contributed by atoms with Crippen LogP contribution in [0.5, 0.6) is 0 Å². The van der Waals surface area contributed by atoms with Gasteiger partial charge in [0.15, 0.2) is 0 Å². The van der Waals surface area contributed by atoms with Gasteiger partial charge in [0.25, 0.3) is 0 Å². The van der Waals surface area contributed by atoms with Crippen molar-refractivity contribution in [1.29, 1.82) is 0 Å². The molecule has 102 valence electrons. The maximum Gasteiger partial charge on any atom is 0.245 e. The van der Waals surface area contributed by atoms with Gasteiger partial charge in [-0.2, -0.15) is 0 Å². The Bertz CT molecular complexity index is 332. The number of ether oxygens (including phenoxy) is 1. The van der Waals surface area contributed by atoms with Gasteiger partial charge in [0.2, 0.25) is 11.8 Å². The molecule has 2 fully saturated rings. The third-order valence-corrected chi connectivity index (χ3v) is 3.80. The summed E-state index contributed by atoms with van der Waals surface area (Å²) in [4.78, 5) is 28.0. The second-order valence-electron chi connectivity index (χ2n) is 5.04. The van der Waals surface area contributed by atoms with E-state index < -0.39 is 0 Å². The second-order valence-corrected chi connectivity index (χ2v) is 5.04. The molecule has 0 aliphatic carbocycles. The molecule has 18 heavy (non-hydrogen) atoms. The predicted molar refractivity (Wildman–Crippen MR) is 67.0 cm³/mol. The van der Waals surface area contributed by atoms with Crippen molar-refractivity contribution in [3.63, 3.8) is 0 Å². The first-order valence-corrected chi connectivity index (χ1v) is 6.82. The van der Waals surface area contributed by atoms with E-state index >= 15 is 0 Å². The standard InChI is InChI=1S/C13H22N2O3/c1-3-18-9-10(2)14-8-6-12(16)15-7-4-5-11(15)13(14)17/h10-11H,3-9H2,1-2H3. The first kappa shape index (κ1) is 13.3. The molecule has 0 N–H and O–H groups in total. The van der Waals surface area contributed by atoms with E-state index in [1.54, 1.807) is 4.90 Å². The van der Waals surface area contributed by atoms with E-state index in [1.807, 2.05) is 18.7 Å². The van der Waals surface area contributed by atoms with E-state index in [1.165, 1.54) is 0 Å². The Labute approximate surface area is 108 Å². The third-order valence-electron chi connectivity index (χ3n) is 3.80. The monoisotopic (exact) mass is 254 g/mol. The molecule has 0 spiro atoms. The Morgan fingerprint density at radius 1 is 1.39 bits per heavy atom. The van der Waals surface area contributed by atoms with Crippen molar-refractivity contribution in [1.82, 2.24) is 9.80 Å². The first-order valence-electron chi connectivity index (χ1n) is 6.82. The van der Waals surface area contributed by atoms with Crippen LogP contribution < -0.4 is 0 Å². The Kier molecular flexibility index (Phi) is 4.22. The summed E-state index contributed by atoms with van der Waals surface area (Å²) < 4.78 is 5.38.